The highest BCUT2D eigenvalue weighted by molar-refractivity contribution is 5.79. The van der Waals surface area contributed by atoms with Gasteiger partial charge in [0.05, 0.1) is 0 Å². The van der Waals surface area contributed by atoms with E-state index >= 15 is 0 Å². The van der Waals surface area contributed by atoms with E-state index in [0.29, 0.717) is 19.1 Å². The molecule has 6 heteroatoms. The molecule has 6 rings (SSSR count). The van der Waals surface area contributed by atoms with Crippen LogP contribution in [0, 0.1) is 5.92 Å². The molecule has 2 saturated heterocycles. The van der Waals surface area contributed by atoms with Gasteiger partial charge in [0.1, 0.15) is 13.2 Å². The van der Waals surface area contributed by atoms with E-state index in [2.05, 4.69) is 53.8 Å². The zero-order chi connectivity index (χ0) is 26.6. The summed E-state index contributed by atoms with van der Waals surface area (Å²) in [6.45, 7) is 1.22. The van der Waals surface area contributed by atoms with Crippen molar-refractivity contribution in [2.75, 3.05) is 13.2 Å². The molecule has 2 heterocycles. The fourth-order valence-corrected chi connectivity index (χ4v) is 6.85. The van der Waals surface area contributed by atoms with Crippen molar-refractivity contribution in [2.24, 2.45) is 5.92 Å². The number of carbonyl (C=O) groups is 2. The van der Waals surface area contributed by atoms with E-state index < -0.39 is 0 Å². The maximum Gasteiger partial charge on any atom is 0.410 e. The predicted molar refractivity (Wildman–Crippen MR) is 150 cm³/mol. The molecule has 3 aliphatic rings. The van der Waals surface area contributed by atoms with Crippen molar-refractivity contribution >= 4 is 12.2 Å². The van der Waals surface area contributed by atoms with E-state index in [1.54, 1.807) is 0 Å². The summed E-state index contributed by atoms with van der Waals surface area (Å²) in [5, 5.41) is 2.90. The van der Waals surface area contributed by atoms with Crippen molar-refractivity contribution in [1.82, 2.24) is 10.2 Å². The van der Waals surface area contributed by atoms with Crippen molar-refractivity contribution in [1.29, 1.82) is 0 Å². The summed E-state index contributed by atoms with van der Waals surface area (Å²) in [5.41, 5.74) is 5.93. The molecule has 2 unspecified atom stereocenters. The molecule has 1 N–H and O–H groups in total. The molecule has 39 heavy (non-hydrogen) atoms. The van der Waals surface area contributed by atoms with Gasteiger partial charge in [-0.2, -0.15) is 0 Å². The molecule has 2 atom stereocenters. The second-order valence-corrected chi connectivity index (χ2v) is 11.1. The van der Waals surface area contributed by atoms with E-state index in [1.165, 1.54) is 22.3 Å². The minimum atomic E-state index is -0.380. The molecule has 2 fully saturated rings. The monoisotopic (exact) mass is 524 g/mol. The summed E-state index contributed by atoms with van der Waals surface area (Å²) < 4.78 is 11.4. The molecule has 6 nitrogen and oxygen atoms in total. The predicted octanol–water partition coefficient (Wildman–Crippen LogP) is 6.89. The van der Waals surface area contributed by atoms with E-state index in [9.17, 15) is 9.59 Å². The third-order valence-corrected chi connectivity index (χ3v) is 8.65. The van der Waals surface area contributed by atoms with Crippen LogP contribution in [-0.2, 0) is 16.1 Å². The van der Waals surface area contributed by atoms with Crippen LogP contribution in [0.4, 0.5) is 9.59 Å². The van der Waals surface area contributed by atoms with E-state index in [1.807, 2.05) is 35.2 Å². The van der Waals surface area contributed by atoms with Crippen LogP contribution in [0.5, 0.6) is 0 Å². The van der Waals surface area contributed by atoms with Gasteiger partial charge in [0, 0.05) is 24.5 Å². The molecular weight excluding hydrogens is 488 g/mol. The van der Waals surface area contributed by atoms with Gasteiger partial charge in [0.15, 0.2) is 0 Å². The highest BCUT2D eigenvalue weighted by Gasteiger charge is 2.42. The number of piperidine rings is 2. The molecule has 202 valence electrons. The Hall–Kier alpha value is -3.80. The number of nitrogens with zero attached hydrogens (tertiary/aromatic N) is 1. The van der Waals surface area contributed by atoms with E-state index in [-0.39, 0.29) is 36.8 Å². The Balaban J connectivity index is 1.00. The summed E-state index contributed by atoms with van der Waals surface area (Å²) in [6, 6.07) is 27.0. The second kappa shape index (κ2) is 11.5. The Bertz CT molecular complexity index is 1250. The molecule has 0 saturated carbocycles. The molecule has 0 spiro atoms. The highest BCUT2D eigenvalue weighted by atomic mass is 16.6. The Morgan fingerprint density at radius 3 is 2.08 bits per heavy atom. The lowest BCUT2D eigenvalue weighted by molar-refractivity contribution is 0.00390. The first-order valence-corrected chi connectivity index (χ1v) is 14.2. The van der Waals surface area contributed by atoms with Crippen LogP contribution in [-0.4, -0.2) is 42.3 Å². The van der Waals surface area contributed by atoms with Crippen molar-refractivity contribution in [2.45, 2.75) is 63.1 Å². The summed E-state index contributed by atoms with van der Waals surface area (Å²) in [4.78, 5) is 27.6. The zero-order valence-electron chi connectivity index (χ0n) is 22.3. The maximum absolute atomic E-state index is 13.4. The van der Waals surface area contributed by atoms with Crippen LogP contribution in [0.3, 0.4) is 0 Å². The number of hydrogen-bond donors (Lipinski definition) is 1. The van der Waals surface area contributed by atoms with E-state index in [4.69, 9.17) is 9.47 Å². The second-order valence-electron chi connectivity index (χ2n) is 11.1. The highest BCUT2D eigenvalue weighted by Crippen LogP contribution is 2.45. The first-order valence-electron chi connectivity index (χ1n) is 14.2. The van der Waals surface area contributed by atoms with Crippen LogP contribution in [0.1, 0.15) is 61.1 Å². The van der Waals surface area contributed by atoms with Crippen LogP contribution in [0.2, 0.25) is 0 Å². The molecule has 2 bridgehead atoms. The largest absolute Gasteiger partial charge is 0.448 e. The Labute approximate surface area is 230 Å². The van der Waals surface area contributed by atoms with Gasteiger partial charge in [-0.05, 0) is 72.3 Å². The first-order chi connectivity index (χ1) is 19.2. The maximum atomic E-state index is 13.4. The molecule has 3 aromatic carbocycles. The topological polar surface area (TPSA) is 67.9 Å². The molecule has 2 amide bonds. The molecule has 3 aromatic rings. The molecule has 2 aliphatic heterocycles. The van der Waals surface area contributed by atoms with Crippen LogP contribution >= 0.6 is 0 Å². The lowest BCUT2D eigenvalue weighted by Crippen LogP contribution is -2.55. The number of carbonyl (C=O) groups excluding carboxylic acids is 2. The average molecular weight is 525 g/mol. The van der Waals surface area contributed by atoms with Crippen LogP contribution in [0.25, 0.3) is 11.1 Å². The van der Waals surface area contributed by atoms with Crippen LogP contribution < -0.4 is 5.32 Å². The molecular formula is C33H36N2O4. The fraction of sp³-hybridized carbons (Fsp3) is 0.394. The van der Waals surface area contributed by atoms with Crippen molar-refractivity contribution in [3.63, 3.8) is 0 Å². The summed E-state index contributed by atoms with van der Waals surface area (Å²) in [7, 11) is 0. The number of nitrogens with one attached hydrogen (secondary N) is 1. The number of fused-ring (bicyclic) bond motifs is 5. The summed E-state index contributed by atoms with van der Waals surface area (Å²) in [6.07, 6.45) is 5.45. The Morgan fingerprint density at radius 1 is 0.795 bits per heavy atom. The number of amides is 2. The van der Waals surface area contributed by atoms with Gasteiger partial charge in [-0.25, -0.2) is 9.59 Å². The smallest absolute Gasteiger partial charge is 0.410 e. The normalized spacial score (nSPS) is 21.5. The Kier molecular flexibility index (Phi) is 7.53. The van der Waals surface area contributed by atoms with Gasteiger partial charge in [-0.1, -0.05) is 78.9 Å². The van der Waals surface area contributed by atoms with Gasteiger partial charge in [0.2, 0.25) is 0 Å². The number of rotatable bonds is 7. The van der Waals surface area contributed by atoms with Gasteiger partial charge in [-0.15, -0.1) is 0 Å². The number of hydrogen-bond acceptors (Lipinski definition) is 4. The SMILES string of the molecule is O=C(NCCC1CC2CCCC(C1)N2C(=O)OCC1c2ccccc2-c2ccccc21)OCc1ccccc1. The number of benzene rings is 3. The summed E-state index contributed by atoms with van der Waals surface area (Å²) in [5.74, 6) is 0.554. The third-order valence-electron chi connectivity index (χ3n) is 8.65. The van der Waals surface area contributed by atoms with Gasteiger partial charge in [0.25, 0.3) is 0 Å². The van der Waals surface area contributed by atoms with Gasteiger partial charge < -0.3 is 19.7 Å². The minimum Gasteiger partial charge on any atom is -0.448 e. The van der Waals surface area contributed by atoms with Crippen molar-refractivity contribution < 1.29 is 19.1 Å². The lowest BCUT2D eigenvalue weighted by atomic mass is 9.77. The number of alkyl carbamates (subject to hydrolysis) is 1. The summed E-state index contributed by atoms with van der Waals surface area (Å²) >= 11 is 0. The van der Waals surface area contributed by atoms with Crippen molar-refractivity contribution in [3.05, 3.63) is 95.6 Å². The molecule has 0 radical (unpaired) electrons. The average Bonchev–Trinajstić information content (AvgIpc) is 3.28. The molecule has 0 aromatic heterocycles. The standard InChI is InChI=1S/C33H36N2O4/c36-32(38-21-23-9-2-1-3-10-23)34-18-17-24-19-25-11-8-12-26(20-24)35(25)33(37)39-22-31-29-15-6-4-13-27(29)28-14-5-7-16-30(28)31/h1-7,9-10,13-16,24-26,31H,8,11-12,17-22H2,(H,34,36). The third kappa shape index (κ3) is 5.51. The zero-order valence-corrected chi connectivity index (χ0v) is 22.3. The first kappa shape index (κ1) is 25.5. The lowest BCUT2D eigenvalue weighted by Gasteiger charge is -2.48. The fourth-order valence-electron chi connectivity index (χ4n) is 6.85. The Morgan fingerprint density at radius 2 is 1.41 bits per heavy atom. The van der Waals surface area contributed by atoms with Gasteiger partial charge >= 0.3 is 12.2 Å². The molecule has 1 aliphatic carbocycles. The van der Waals surface area contributed by atoms with Crippen LogP contribution in [0.15, 0.2) is 78.9 Å². The minimum absolute atomic E-state index is 0.0754. The van der Waals surface area contributed by atoms with Gasteiger partial charge in [-0.3, -0.25) is 0 Å². The van der Waals surface area contributed by atoms with E-state index in [0.717, 1.165) is 44.1 Å². The van der Waals surface area contributed by atoms with Crippen molar-refractivity contribution in [3.8, 4) is 11.1 Å². The quantitative estimate of drug-likeness (QED) is 0.366. The number of ether oxygens (including phenoxy) is 2.